The van der Waals surface area contributed by atoms with Crippen LogP contribution in [0.3, 0.4) is 0 Å². The lowest BCUT2D eigenvalue weighted by atomic mass is 9.90. The van der Waals surface area contributed by atoms with Gasteiger partial charge in [-0.05, 0) is 37.8 Å². The lowest BCUT2D eigenvalue weighted by molar-refractivity contribution is -0.384. The second-order valence-corrected chi connectivity index (χ2v) is 6.45. The van der Waals surface area contributed by atoms with E-state index in [1.165, 1.54) is 38.1 Å². The van der Waals surface area contributed by atoms with Gasteiger partial charge in [0.15, 0.2) is 11.9 Å². The van der Waals surface area contributed by atoms with Crippen molar-refractivity contribution in [3.63, 3.8) is 0 Å². The summed E-state index contributed by atoms with van der Waals surface area (Å²) in [6.45, 7) is 2.65. The van der Waals surface area contributed by atoms with Gasteiger partial charge < -0.3 is 10.1 Å². The van der Waals surface area contributed by atoms with Crippen molar-refractivity contribution < 1.29 is 24.0 Å². The molecular formula is C18H22N2O6. The van der Waals surface area contributed by atoms with Crippen LogP contribution in [0.25, 0.3) is 0 Å². The Labute approximate surface area is 151 Å². The van der Waals surface area contributed by atoms with Gasteiger partial charge in [-0.15, -0.1) is 0 Å². The van der Waals surface area contributed by atoms with E-state index < -0.39 is 28.9 Å². The Morgan fingerprint density at radius 3 is 2.27 bits per heavy atom. The molecule has 1 N–H and O–H groups in total. The maximum Gasteiger partial charge on any atom is 0.303 e. The standard InChI is InChI=1S/C18H22N2O6/c1-11(26-12(2)21)18(23)19-16(13-5-3-4-6-13)17(22)14-7-9-15(10-8-14)20(24)25/h7-11,13,16H,3-6H2,1-2H3,(H,19,23)/t11-,16?/m0/s1. The summed E-state index contributed by atoms with van der Waals surface area (Å²) in [5, 5.41) is 13.5. The van der Waals surface area contributed by atoms with Gasteiger partial charge in [-0.1, -0.05) is 12.8 Å². The number of amides is 1. The van der Waals surface area contributed by atoms with Crippen LogP contribution >= 0.6 is 0 Å². The van der Waals surface area contributed by atoms with Gasteiger partial charge >= 0.3 is 5.97 Å². The number of ketones is 1. The van der Waals surface area contributed by atoms with Gasteiger partial charge in [0, 0.05) is 24.6 Å². The van der Waals surface area contributed by atoms with E-state index in [1.807, 2.05) is 0 Å². The molecule has 1 fully saturated rings. The van der Waals surface area contributed by atoms with Crippen LogP contribution in [0.2, 0.25) is 0 Å². The summed E-state index contributed by atoms with van der Waals surface area (Å²) in [7, 11) is 0. The third-order valence-corrected chi connectivity index (χ3v) is 4.53. The number of non-ortho nitro benzene ring substituents is 1. The van der Waals surface area contributed by atoms with Crippen LogP contribution in [0.15, 0.2) is 24.3 Å². The number of carbonyl (C=O) groups is 3. The van der Waals surface area contributed by atoms with Gasteiger partial charge in [-0.25, -0.2) is 0 Å². The minimum absolute atomic E-state index is 0.00818. The van der Waals surface area contributed by atoms with Crippen molar-refractivity contribution in [3.8, 4) is 0 Å². The van der Waals surface area contributed by atoms with E-state index in [0.717, 1.165) is 25.7 Å². The second-order valence-electron chi connectivity index (χ2n) is 6.45. The molecule has 26 heavy (non-hydrogen) atoms. The van der Waals surface area contributed by atoms with E-state index in [0.29, 0.717) is 5.56 Å². The molecule has 8 nitrogen and oxygen atoms in total. The van der Waals surface area contributed by atoms with E-state index in [1.54, 1.807) is 0 Å². The molecule has 8 heteroatoms. The summed E-state index contributed by atoms with van der Waals surface area (Å²) in [5.41, 5.74) is 0.194. The lowest BCUT2D eigenvalue weighted by Gasteiger charge is -2.25. The molecule has 1 aromatic rings. The molecule has 0 heterocycles. The monoisotopic (exact) mass is 362 g/mol. The summed E-state index contributed by atoms with van der Waals surface area (Å²) < 4.78 is 4.87. The summed E-state index contributed by atoms with van der Waals surface area (Å²) in [4.78, 5) is 46.4. The molecule has 140 valence electrons. The number of benzene rings is 1. The first-order valence-electron chi connectivity index (χ1n) is 8.56. The quantitative estimate of drug-likeness (QED) is 0.345. The molecule has 2 atom stereocenters. The molecule has 1 aliphatic carbocycles. The van der Waals surface area contributed by atoms with Gasteiger partial charge in [0.05, 0.1) is 11.0 Å². The summed E-state index contributed by atoms with van der Waals surface area (Å²) >= 11 is 0. The number of nitrogens with one attached hydrogen (secondary N) is 1. The Bertz CT molecular complexity index is 694. The first kappa shape index (κ1) is 19.6. The summed E-state index contributed by atoms with van der Waals surface area (Å²) in [5.74, 6) is -1.42. The normalized spacial score (nSPS) is 16.5. The third-order valence-electron chi connectivity index (χ3n) is 4.53. The molecule has 0 aliphatic heterocycles. The average Bonchev–Trinajstić information content (AvgIpc) is 3.12. The van der Waals surface area contributed by atoms with E-state index in [-0.39, 0.29) is 17.4 Å². The van der Waals surface area contributed by atoms with Gasteiger partial charge in [-0.3, -0.25) is 24.5 Å². The van der Waals surface area contributed by atoms with Crippen LogP contribution in [0.4, 0.5) is 5.69 Å². The highest BCUT2D eigenvalue weighted by atomic mass is 16.6. The van der Waals surface area contributed by atoms with Crippen LogP contribution in [-0.4, -0.2) is 34.7 Å². The summed E-state index contributed by atoms with van der Waals surface area (Å²) in [6.07, 6.45) is 2.58. The molecule has 0 saturated heterocycles. The third kappa shape index (κ3) is 4.87. The molecule has 1 aromatic carbocycles. The number of rotatable bonds is 7. The first-order valence-corrected chi connectivity index (χ1v) is 8.56. The highest BCUT2D eigenvalue weighted by Gasteiger charge is 2.34. The Kier molecular flexibility index (Phi) is 6.43. The zero-order valence-corrected chi connectivity index (χ0v) is 14.8. The number of Topliss-reactive ketones (excluding diaryl/α,β-unsaturated/α-hetero) is 1. The molecule has 2 rings (SSSR count). The number of hydrogen-bond acceptors (Lipinski definition) is 6. The highest BCUT2D eigenvalue weighted by molar-refractivity contribution is 6.02. The van der Waals surface area contributed by atoms with Crippen LogP contribution in [0.1, 0.15) is 49.9 Å². The number of hydrogen-bond donors (Lipinski definition) is 1. The second kappa shape index (κ2) is 8.55. The Morgan fingerprint density at radius 1 is 1.19 bits per heavy atom. The number of carbonyl (C=O) groups excluding carboxylic acids is 3. The van der Waals surface area contributed by atoms with Crippen LogP contribution in [0.5, 0.6) is 0 Å². The SMILES string of the molecule is CC(=O)O[C@@H](C)C(=O)NC(C(=O)c1ccc([N+](=O)[O-])cc1)C1CCCC1. The number of nitro benzene ring substituents is 1. The first-order chi connectivity index (χ1) is 12.3. The van der Waals surface area contributed by atoms with E-state index in [2.05, 4.69) is 5.32 Å². The number of nitro groups is 1. The molecule has 1 amide bonds. The van der Waals surface area contributed by atoms with Gasteiger partial charge in [0.2, 0.25) is 0 Å². The molecular weight excluding hydrogens is 340 g/mol. The fraction of sp³-hybridized carbons (Fsp3) is 0.500. The smallest absolute Gasteiger partial charge is 0.303 e. The minimum Gasteiger partial charge on any atom is -0.453 e. The van der Waals surface area contributed by atoms with Gasteiger partial charge in [0.1, 0.15) is 0 Å². The van der Waals surface area contributed by atoms with Crippen LogP contribution in [0, 0.1) is 16.0 Å². The summed E-state index contributed by atoms with van der Waals surface area (Å²) in [6, 6.07) is 4.57. The Balaban J connectivity index is 2.18. The fourth-order valence-electron chi connectivity index (χ4n) is 3.19. The maximum atomic E-state index is 12.9. The molecule has 1 saturated carbocycles. The molecule has 0 radical (unpaired) electrons. The predicted octanol–water partition coefficient (Wildman–Crippen LogP) is 2.40. The Hall–Kier alpha value is -2.77. The zero-order valence-electron chi connectivity index (χ0n) is 14.8. The van der Waals surface area contributed by atoms with Crippen molar-refractivity contribution in [2.75, 3.05) is 0 Å². The molecule has 0 bridgehead atoms. The zero-order chi connectivity index (χ0) is 19.3. The maximum absolute atomic E-state index is 12.9. The fourth-order valence-corrected chi connectivity index (χ4v) is 3.19. The van der Waals surface area contributed by atoms with Crippen molar-refractivity contribution in [1.29, 1.82) is 0 Å². The molecule has 1 unspecified atom stereocenters. The van der Waals surface area contributed by atoms with Crippen molar-refractivity contribution in [2.45, 2.75) is 51.7 Å². The lowest BCUT2D eigenvalue weighted by Crippen LogP contribution is -2.49. The van der Waals surface area contributed by atoms with E-state index in [4.69, 9.17) is 4.74 Å². The number of ether oxygens (including phenoxy) is 1. The molecule has 0 aromatic heterocycles. The minimum atomic E-state index is -0.999. The largest absolute Gasteiger partial charge is 0.453 e. The average molecular weight is 362 g/mol. The predicted molar refractivity (Wildman–Crippen MR) is 92.5 cm³/mol. The van der Waals surface area contributed by atoms with Gasteiger partial charge in [0.25, 0.3) is 11.6 Å². The van der Waals surface area contributed by atoms with Crippen LogP contribution < -0.4 is 5.32 Å². The number of nitrogens with zero attached hydrogens (tertiary/aromatic N) is 1. The molecule has 1 aliphatic rings. The molecule has 0 spiro atoms. The topological polar surface area (TPSA) is 116 Å². The highest BCUT2D eigenvalue weighted by Crippen LogP contribution is 2.29. The van der Waals surface area contributed by atoms with Crippen LogP contribution in [-0.2, 0) is 14.3 Å². The van der Waals surface area contributed by atoms with Crippen molar-refractivity contribution >= 4 is 23.3 Å². The Morgan fingerprint density at radius 2 is 1.77 bits per heavy atom. The van der Waals surface area contributed by atoms with E-state index in [9.17, 15) is 24.5 Å². The number of esters is 1. The van der Waals surface area contributed by atoms with E-state index >= 15 is 0 Å². The van der Waals surface area contributed by atoms with Crippen molar-refractivity contribution in [1.82, 2.24) is 5.32 Å². The van der Waals surface area contributed by atoms with Crippen molar-refractivity contribution in [2.24, 2.45) is 5.92 Å². The van der Waals surface area contributed by atoms with Gasteiger partial charge in [-0.2, -0.15) is 0 Å². The van der Waals surface area contributed by atoms with Crippen molar-refractivity contribution in [3.05, 3.63) is 39.9 Å².